The van der Waals surface area contributed by atoms with E-state index < -0.39 is 51.4 Å². The zero-order valence-electron chi connectivity index (χ0n) is 17.3. The van der Waals surface area contributed by atoms with Gasteiger partial charge in [0.2, 0.25) is 5.91 Å². The number of imide groups is 1. The van der Waals surface area contributed by atoms with E-state index in [0.717, 1.165) is 16.0 Å². The molecule has 1 atom stereocenters. The van der Waals surface area contributed by atoms with Crippen LogP contribution in [0.15, 0.2) is 53.4 Å². The molecule has 3 N–H and O–H groups in total. The summed E-state index contributed by atoms with van der Waals surface area (Å²) in [5.41, 5.74) is 1.86. The molecule has 170 valence electrons. The first-order valence-electron chi connectivity index (χ1n) is 9.61. The van der Waals surface area contributed by atoms with Crippen LogP contribution in [0, 0.1) is 5.92 Å². The molecule has 1 fully saturated rings. The molecule has 1 aliphatic heterocycles. The second-order valence-corrected chi connectivity index (χ2v) is 10.4. The van der Waals surface area contributed by atoms with E-state index in [0.29, 0.717) is 5.02 Å². The fourth-order valence-corrected chi connectivity index (χ4v) is 5.02. The lowest BCUT2D eigenvalue weighted by Gasteiger charge is -2.21. The largest absolute Gasteiger partial charge is 0.325 e. The van der Waals surface area contributed by atoms with E-state index in [1.165, 1.54) is 31.5 Å². The minimum atomic E-state index is -3.99. The molecule has 1 saturated heterocycles. The Morgan fingerprint density at radius 1 is 1.09 bits per heavy atom. The zero-order chi connectivity index (χ0) is 23.7. The van der Waals surface area contributed by atoms with E-state index >= 15 is 0 Å². The van der Waals surface area contributed by atoms with Crippen molar-refractivity contribution < 1.29 is 28.0 Å². The highest BCUT2D eigenvalue weighted by Gasteiger charge is 2.46. The van der Waals surface area contributed by atoms with Crippen LogP contribution in [0.3, 0.4) is 0 Å². The van der Waals surface area contributed by atoms with Gasteiger partial charge in [-0.1, -0.05) is 35.9 Å². The van der Waals surface area contributed by atoms with Crippen molar-refractivity contribution in [3.8, 4) is 11.1 Å². The van der Waals surface area contributed by atoms with Crippen molar-refractivity contribution in [2.45, 2.75) is 24.3 Å². The van der Waals surface area contributed by atoms with Crippen LogP contribution in [0.2, 0.25) is 5.02 Å². The molecule has 0 spiro atoms. The normalized spacial score (nSPS) is 16.6. The molecule has 0 aliphatic carbocycles. The van der Waals surface area contributed by atoms with Gasteiger partial charge in [0, 0.05) is 11.6 Å². The smallest absolute Gasteiger partial charge is 0.324 e. The Morgan fingerprint density at radius 3 is 2.09 bits per heavy atom. The van der Waals surface area contributed by atoms with Crippen LogP contribution in [0.25, 0.3) is 11.1 Å². The van der Waals surface area contributed by atoms with Crippen molar-refractivity contribution in [1.29, 1.82) is 0 Å². The zero-order valence-corrected chi connectivity index (χ0v) is 18.9. The van der Waals surface area contributed by atoms with Gasteiger partial charge >= 0.3 is 6.03 Å². The SMILES string of the molecule is CC1(C)NC(=O)N(CC(CS(=O)(=O)c2ccc(-c3ccc(Cl)cc3)cc2)C(=O)NO)C1=O. The molecular formula is C21H22ClN3O6S. The molecule has 1 heterocycles. The minimum absolute atomic E-state index is 0.0384. The number of nitrogens with zero attached hydrogens (tertiary/aromatic N) is 1. The molecule has 0 bridgehead atoms. The molecule has 32 heavy (non-hydrogen) atoms. The first kappa shape index (κ1) is 23.7. The Kier molecular flexibility index (Phi) is 6.59. The standard InChI is InChI=1S/C21H22ClN3O6S/c1-21(2)19(27)25(20(28)23-21)11-15(18(26)24-29)12-32(30,31)17-9-5-14(6-10-17)13-3-7-16(22)8-4-13/h3-10,15,29H,11-12H2,1-2H3,(H,23,28)(H,24,26). The number of nitrogens with one attached hydrogen (secondary N) is 2. The Morgan fingerprint density at radius 2 is 1.62 bits per heavy atom. The van der Waals surface area contributed by atoms with Gasteiger partial charge in [-0.2, -0.15) is 0 Å². The number of hydroxylamine groups is 1. The fourth-order valence-electron chi connectivity index (χ4n) is 3.36. The van der Waals surface area contributed by atoms with Crippen LogP contribution in [0.5, 0.6) is 0 Å². The number of carbonyl (C=O) groups excluding carboxylic acids is 3. The number of hydrogen-bond donors (Lipinski definition) is 3. The maximum atomic E-state index is 12.9. The Hall–Kier alpha value is -2.95. The summed E-state index contributed by atoms with van der Waals surface area (Å²) in [5.74, 6) is -3.69. The van der Waals surface area contributed by atoms with Crippen LogP contribution in [0.4, 0.5) is 4.79 Å². The summed E-state index contributed by atoms with van der Waals surface area (Å²) in [4.78, 5) is 37.4. The number of halogens is 1. The van der Waals surface area contributed by atoms with Crippen molar-refractivity contribution in [3.05, 3.63) is 53.6 Å². The topological polar surface area (TPSA) is 133 Å². The lowest BCUT2D eigenvalue weighted by molar-refractivity contribution is -0.135. The van der Waals surface area contributed by atoms with Crippen LogP contribution in [-0.4, -0.2) is 54.2 Å². The van der Waals surface area contributed by atoms with Crippen LogP contribution in [0.1, 0.15) is 13.8 Å². The molecule has 2 aromatic rings. The van der Waals surface area contributed by atoms with E-state index in [1.807, 2.05) is 0 Å². The summed E-state index contributed by atoms with van der Waals surface area (Å²) in [6.45, 7) is 2.49. The molecule has 4 amide bonds. The van der Waals surface area contributed by atoms with Gasteiger partial charge in [-0.05, 0) is 49.2 Å². The summed E-state index contributed by atoms with van der Waals surface area (Å²) in [7, 11) is -3.99. The number of carbonyl (C=O) groups is 3. The number of sulfone groups is 1. The number of amides is 4. The molecule has 0 saturated carbocycles. The third kappa shape index (κ3) is 4.93. The summed E-state index contributed by atoms with van der Waals surface area (Å²) in [5, 5.41) is 12.1. The average molecular weight is 480 g/mol. The Balaban J connectivity index is 1.81. The molecule has 11 heteroatoms. The quantitative estimate of drug-likeness (QED) is 0.317. The van der Waals surface area contributed by atoms with E-state index in [4.69, 9.17) is 16.8 Å². The van der Waals surface area contributed by atoms with E-state index in [9.17, 15) is 22.8 Å². The molecule has 1 aliphatic rings. The molecule has 0 aromatic heterocycles. The Bertz CT molecular complexity index is 1150. The molecule has 9 nitrogen and oxygen atoms in total. The molecular weight excluding hydrogens is 458 g/mol. The monoisotopic (exact) mass is 479 g/mol. The predicted molar refractivity (Wildman–Crippen MR) is 117 cm³/mol. The number of rotatable bonds is 7. The molecule has 3 rings (SSSR count). The van der Waals surface area contributed by atoms with Crippen molar-refractivity contribution >= 4 is 39.3 Å². The van der Waals surface area contributed by atoms with Gasteiger partial charge in [0.05, 0.1) is 16.6 Å². The fraction of sp³-hybridized carbons (Fsp3) is 0.286. The minimum Gasteiger partial charge on any atom is -0.324 e. The number of urea groups is 1. The van der Waals surface area contributed by atoms with Crippen LogP contribution < -0.4 is 10.8 Å². The second kappa shape index (κ2) is 8.89. The first-order chi connectivity index (χ1) is 14.9. The van der Waals surface area contributed by atoms with E-state index in [2.05, 4.69) is 5.32 Å². The third-order valence-corrected chi connectivity index (χ3v) is 7.22. The van der Waals surface area contributed by atoms with E-state index in [-0.39, 0.29) is 4.90 Å². The summed E-state index contributed by atoms with van der Waals surface area (Å²) in [6.07, 6.45) is 0. The Labute approximate surface area is 190 Å². The van der Waals surface area contributed by atoms with Gasteiger partial charge in [-0.15, -0.1) is 0 Å². The van der Waals surface area contributed by atoms with Crippen molar-refractivity contribution in [2.24, 2.45) is 5.92 Å². The molecule has 2 aromatic carbocycles. The van der Waals surface area contributed by atoms with Crippen LogP contribution in [-0.2, 0) is 19.4 Å². The van der Waals surface area contributed by atoms with Crippen molar-refractivity contribution in [1.82, 2.24) is 15.7 Å². The molecule has 0 radical (unpaired) electrons. The summed E-state index contributed by atoms with van der Waals surface area (Å²) in [6, 6.07) is 12.4. The van der Waals surface area contributed by atoms with Gasteiger partial charge in [0.15, 0.2) is 9.84 Å². The summed E-state index contributed by atoms with van der Waals surface area (Å²) < 4.78 is 25.9. The number of hydrogen-bond acceptors (Lipinski definition) is 6. The predicted octanol–water partition coefficient (Wildman–Crippen LogP) is 2.23. The van der Waals surface area contributed by atoms with Crippen molar-refractivity contribution in [3.63, 3.8) is 0 Å². The lowest BCUT2D eigenvalue weighted by Crippen LogP contribution is -2.45. The second-order valence-electron chi connectivity index (χ2n) is 7.96. The average Bonchev–Trinajstić information content (AvgIpc) is 2.94. The van der Waals surface area contributed by atoms with Crippen LogP contribution >= 0.6 is 11.6 Å². The van der Waals surface area contributed by atoms with Gasteiger partial charge in [0.1, 0.15) is 5.54 Å². The van der Waals surface area contributed by atoms with Gasteiger partial charge < -0.3 is 5.32 Å². The lowest BCUT2D eigenvalue weighted by atomic mass is 10.1. The maximum absolute atomic E-state index is 12.9. The maximum Gasteiger partial charge on any atom is 0.325 e. The van der Waals surface area contributed by atoms with E-state index in [1.54, 1.807) is 36.4 Å². The number of benzene rings is 2. The van der Waals surface area contributed by atoms with Gasteiger partial charge in [-0.3, -0.25) is 19.7 Å². The van der Waals surface area contributed by atoms with Gasteiger partial charge in [0.25, 0.3) is 5.91 Å². The third-order valence-electron chi connectivity index (χ3n) is 5.14. The van der Waals surface area contributed by atoms with Gasteiger partial charge in [-0.25, -0.2) is 18.7 Å². The highest BCUT2D eigenvalue weighted by atomic mass is 35.5. The molecule has 1 unspecified atom stereocenters. The highest BCUT2D eigenvalue weighted by Crippen LogP contribution is 2.25. The highest BCUT2D eigenvalue weighted by molar-refractivity contribution is 7.91. The first-order valence-corrected chi connectivity index (χ1v) is 11.6. The van der Waals surface area contributed by atoms with Crippen molar-refractivity contribution in [2.75, 3.05) is 12.3 Å². The summed E-state index contributed by atoms with van der Waals surface area (Å²) >= 11 is 5.89.